The van der Waals surface area contributed by atoms with Crippen molar-refractivity contribution in [2.75, 3.05) is 20.1 Å². The first kappa shape index (κ1) is 18.9. The summed E-state index contributed by atoms with van der Waals surface area (Å²) < 4.78 is 1.81. The molecule has 1 aromatic carbocycles. The zero-order valence-electron chi connectivity index (χ0n) is 17.6. The van der Waals surface area contributed by atoms with Gasteiger partial charge in [0.2, 0.25) is 0 Å². The summed E-state index contributed by atoms with van der Waals surface area (Å²) in [5, 5.41) is 4.65. The molecule has 2 aliphatic heterocycles. The number of piperidine rings is 1. The monoisotopic (exact) mass is 392 g/mol. The van der Waals surface area contributed by atoms with Crippen molar-refractivity contribution in [1.29, 1.82) is 0 Å². The summed E-state index contributed by atoms with van der Waals surface area (Å²) in [5.74, 6) is 1.23. The van der Waals surface area contributed by atoms with Gasteiger partial charge in [-0.3, -0.25) is 9.48 Å². The van der Waals surface area contributed by atoms with Gasteiger partial charge >= 0.3 is 0 Å². The lowest BCUT2D eigenvalue weighted by molar-refractivity contribution is 0.0310. The van der Waals surface area contributed by atoms with E-state index in [1.54, 1.807) is 0 Å². The zero-order valence-corrected chi connectivity index (χ0v) is 17.6. The van der Waals surface area contributed by atoms with Gasteiger partial charge in [0.25, 0.3) is 5.91 Å². The van der Waals surface area contributed by atoms with E-state index in [-0.39, 0.29) is 11.9 Å². The van der Waals surface area contributed by atoms with Crippen molar-refractivity contribution in [3.05, 3.63) is 53.3 Å². The molecule has 2 aromatic rings. The smallest absolute Gasteiger partial charge is 0.272 e. The molecule has 0 radical (unpaired) electrons. The number of benzene rings is 1. The van der Waals surface area contributed by atoms with Crippen LogP contribution >= 0.6 is 0 Å². The lowest BCUT2D eigenvalue weighted by atomic mass is 9.79. The van der Waals surface area contributed by atoms with E-state index in [0.29, 0.717) is 17.9 Å². The van der Waals surface area contributed by atoms with Gasteiger partial charge in [-0.15, -0.1) is 0 Å². The van der Waals surface area contributed by atoms with Crippen molar-refractivity contribution >= 4 is 5.91 Å². The van der Waals surface area contributed by atoms with E-state index in [1.807, 2.05) is 11.7 Å². The van der Waals surface area contributed by atoms with Crippen LogP contribution in [0.3, 0.4) is 0 Å². The van der Waals surface area contributed by atoms with Crippen LogP contribution < -0.4 is 0 Å². The molecule has 1 aromatic heterocycles. The highest BCUT2D eigenvalue weighted by molar-refractivity contribution is 5.93. The molecule has 0 N–H and O–H groups in total. The fraction of sp³-hybridized carbons (Fsp3) is 0.583. The van der Waals surface area contributed by atoms with E-state index in [2.05, 4.69) is 58.3 Å². The van der Waals surface area contributed by atoms with Gasteiger partial charge in [0.15, 0.2) is 0 Å². The standard InChI is InChI=1S/C24H32N4O/c1-26-14-7-6-10-21-23(26)19(17-8-4-3-5-9-17)13-15-28(21)24(29)22-16-20(18-11-12-18)25-27(22)2/h3-5,8-9,16,18-19,21,23H,6-7,10-15H2,1-2H3/t19-,21-,23-/m1/s1. The van der Waals surface area contributed by atoms with Crippen LogP contribution in [0, 0.1) is 0 Å². The second kappa shape index (κ2) is 7.60. The third-order valence-corrected chi connectivity index (χ3v) is 7.26. The first-order chi connectivity index (χ1) is 14.1. The van der Waals surface area contributed by atoms with Gasteiger partial charge < -0.3 is 9.80 Å². The van der Waals surface area contributed by atoms with Gasteiger partial charge in [-0.05, 0) is 57.3 Å². The Morgan fingerprint density at radius 1 is 1.00 bits per heavy atom. The Hall–Kier alpha value is -2.14. The molecule has 3 atom stereocenters. The predicted molar refractivity (Wildman–Crippen MR) is 114 cm³/mol. The highest BCUT2D eigenvalue weighted by Gasteiger charge is 2.44. The number of hydrogen-bond acceptors (Lipinski definition) is 3. The van der Waals surface area contributed by atoms with Gasteiger partial charge in [0, 0.05) is 37.5 Å². The number of aryl methyl sites for hydroxylation is 1. The number of hydrogen-bond donors (Lipinski definition) is 0. The first-order valence-corrected chi connectivity index (χ1v) is 11.2. The second-order valence-corrected chi connectivity index (χ2v) is 9.19. The van der Waals surface area contributed by atoms with Crippen molar-refractivity contribution in [3.8, 4) is 0 Å². The Morgan fingerprint density at radius 2 is 1.79 bits per heavy atom. The number of fused-ring (bicyclic) bond motifs is 1. The van der Waals surface area contributed by atoms with Crippen LogP contribution in [-0.4, -0.2) is 57.7 Å². The number of rotatable bonds is 3. The average Bonchev–Trinajstić information content (AvgIpc) is 3.54. The van der Waals surface area contributed by atoms with E-state index in [0.717, 1.165) is 37.3 Å². The Morgan fingerprint density at radius 3 is 2.55 bits per heavy atom. The molecule has 154 valence electrons. The van der Waals surface area contributed by atoms with Gasteiger partial charge in [-0.1, -0.05) is 36.8 Å². The minimum absolute atomic E-state index is 0.170. The maximum atomic E-state index is 13.6. The Kier molecular flexibility index (Phi) is 4.94. The number of aromatic nitrogens is 2. The molecular weight excluding hydrogens is 360 g/mol. The molecule has 5 nitrogen and oxygen atoms in total. The summed E-state index contributed by atoms with van der Waals surface area (Å²) in [6.07, 6.45) is 6.94. The van der Waals surface area contributed by atoms with Crippen molar-refractivity contribution < 1.29 is 4.79 Å². The van der Waals surface area contributed by atoms with E-state index < -0.39 is 0 Å². The summed E-state index contributed by atoms with van der Waals surface area (Å²) >= 11 is 0. The van der Waals surface area contributed by atoms with Crippen LogP contribution in [0.1, 0.15) is 72.1 Å². The van der Waals surface area contributed by atoms with Crippen LogP contribution in [0.5, 0.6) is 0 Å². The van der Waals surface area contributed by atoms with Crippen LogP contribution in [0.25, 0.3) is 0 Å². The third kappa shape index (κ3) is 3.50. The molecule has 1 saturated carbocycles. The van der Waals surface area contributed by atoms with E-state index in [1.165, 1.54) is 31.2 Å². The summed E-state index contributed by atoms with van der Waals surface area (Å²) in [6, 6.07) is 13.6. The molecule has 5 heteroatoms. The van der Waals surface area contributed by atoms with Crippen molar-refractivity contribution in [2.24, 2.45) is 7.05 Å². The van der Waals surface area contributed by atoms with Gasteiger partial charge in [0.1, 0.15) is 5.69 Å². The molecule has 3 aliphatic rings. The molecule has 5 rings (SSSR count). The number of nitrogens with zero attached hydrogens (tertiary/aromatic N) is 4. The van der Waals surface area contributed by atoms with Gasteiger partial charge in [-0.2, -0.15) is 5.10 Å². The lowest BCUT2D eigenvalue weighted by Gasteiger charge is -2.48. The Balaban J connectivity index is 1.46. The van der Waals surface area contributed by atoms with Crippen LogP contribution in [0.2, 0.25) is 0 Å². The highest BCUT2D eigenvalue weighted by Crippen LogP contribution is 2.41. The largest absolute Gasteiger partial charge is 0.333 e. The maximum Gasteiger partial charge on any atom is 0.272 e. The van der Waals surface area contributed by atoms with Crippen LogP contribution in [-0.2, 0) is 7.05 Å². The lowest BCUT2D eigenvalue weighted by Crippen LogP contribution is -2.58. The molecule has 3 heterocycles. The molecule has 1 aliphatic carbocycles. The third-order valence-electron chi connectivity index (χ3n) is 7.26. The number of carbonyl (C=O) groups is 1. The van der Waals surface area contributed by atoms with E-state index in [9.17, 15) is 4.79 Å². The quantitative estimate of drug-likeness (QED) is 0.798. The zero-order chi connectivity index (χ0) is 20.0. The minimum atomic E-state index is 0.170. The molecule has 0 unspecified atom stereocenters. The summed E-state index contributed by atoms with van der Waals surface area (Å²) in [4.78, 5) is 18.3. The second-order valence-electron chi connectivity index (χ2n) is 9.19. The first-order valence-electron chi connectivity index (χ1n) is 11.2. The van der Waals surface area contributed by atoms with Crippen molar-refractivity contribution in [3.63, 3.8) is 0 Å². The summed E-state index contributed by atoms with van der Waals surface area (Å²) in [7, 11) is 4.18. The van der Waals surface area contributed by atoms with E-state index >= 15 is 0 Å². The average molecular weight is 393 g/mol. The molecule has 3 fully saturated rings. The molecule has 0 spiro atoms. The van der Waals surface area contributed by atoms with Crippen LogP contribution in [0.4, 0.5) is 0 Å². The molecule has 0 bridgehead atoms. The number of amides is 1. The molecule has 2 saturated heterocycles. The highest BCUT2D eigenvalue weighted by atomic mass is 16.2. The van der Waals surface area contributed by atoms with Crippen LogP contribution in [0.15, 0.2) is 36.4 Å². The SMILES string of the molecule is CN1CCCC[C@@H]2[C@H]1[C@@H](c1ccccc1)CCN2C(=O)c1cc(C2CC2)nn1C. The maximum absolute atomic E-state index is 13.6. The fourth-order valence-electron chi connectivity index (χ4n) is 5.59. The Bertz CT molecular complexity index is 872. The van der Waals surface area contributed by atoms with Crippen molar-refractivity contribution in [2.45, 2.75) is 62.4 Å². The van der Waals surface area contributed by atoms with E-state index in [4.69, 9.17) is 0 Å². The molecule has 1 amide bonds. The Labute approximate surface area is 173 Å². The number of carbonyl (C=O) groups excluding carboxylic acids is 1. The number of likely N-dealkylation sites (tertiary alicyclic amines) is 2. The van der Waals surface area contributed by atoms with Crippen molar-refractivity contribution in [1.82, 2.24) is 19.6 Å². The van der Waals surface area contributed by atoms with Gasteiger partial charge in [-0.25, -0.2) is 0 Å². The fourth-order valence-corrected chi connectivity index (χ4v) is 5.59. The normalized spacial score (nSPS) is 28.1. The summed E-state index contributed by atoms with van der Waals surface area (Å²) in [6.45, 7) is 1.95. The molecular formula is C24H32N4O. The molecule has 29 heavy (non-hydrogen) atoms. The van der Waals surface area contributed by atoms with Gasteiger partial charge in [0.05, 0.1) is 5.69 Å². The number of likely N-dealkylation sites (N-methyl/N-ethyl adjacent to an activating group) is 1. The summed E-state index contributed by atoms with van der Waals surface area (Å²) in [5.41, 5.74) is 3.28. The minimum Gasteiger partial charge on any atom is -0.333 e. The predicted octanol–water partition coefficient (Wildman–Crippen LogP) is 3.78. The topological polar surface area (TPSA) is 41.4 Å².